The van der Waals surface area contributed by atoms with Gasteiger partial charge in [0.1, 0.15) is 17.2 Å². The van der Waals surface area contributed by atoms with Crippen molar-refractivity contribution in [3.63, 3.8) is 0 Å². The lowest BCUT2D eigenvalue weighted by molar-refractivity contribution is 0.174. The lowest BCUT2D eigenvalue weighted by Gasteiger charge is -2.11. The summed E-state index contributed by atoms with van der Waals surface area (Å²) in [7, 11) is 1.64. The third-order valence-electron chi connectivity index (χ3n) is 3.60. The number of pyridine rings is 1. The molecule has 0 saturated heterocycles. The summed E-state index contributed by atoms with van der Waals surface area (Å²) in [5.41, 5.74) is 1.77. The number of fused-ring (bicyclic) bond motifs is 2. The van der Waals surface area contributed by atoms with Gasteiger partial charge in [-0.3, -0.25) is 0 Å². The van der Waals surface area contributed by atoms with Gasteiger partial charge in [-0.1, -0.05) is 0 Å². The molecule has 0 bridgehead atoms. The third-order valence-corrected chi connectivity index (χ3v) is 3.60. The van der Waals surface area contributed by atoms with Crippen molar-refractivity contribution in [2.24, 2.45) is 0 Å². The first-order valence-electron chi connectivity index (χ1n) is 6.88. The summed E-state index contributed by atoms with van der Waals surface area (Å²) >= 11 is 0. The number of nitrogens with one attached hydrogen (secondary N) is 1. The zero-order valence-electron chi connectivity index (χ0n) is 12.0. The van der Waals surface area contributed by atoms with E-state index >= 15 is 0 Å². The Balaban J connectivity index is 1.62. The Hall–Kier alpha value is -2.89. The molecular formula is C16H14N2O4. The molecule has 0 saturated carbocycles. The molecule has 1 N–H and O–H groups in total. The topological polar surface area (TPSA) is 65.8 Å². The van der Waals surface area contributed by atoms with Gasteiger partial charge in [-0.15, -0.1) is 0 Å². The normalized spacial score (nSPS) is 12.6. The molecule has 1 aliphatic rings. The number of anilines is 1. The van der Waals surface area contributed by atoms with Crippen LogP contribution in [0.15, 0.2) is 41.1 Å². The molecule has 6 heteroatoms. The molecule has 4 rings (SSSR count). The van der Waals surface area contributed by atoms with Crippen molar-refractivity contribution in [1.82, 2.24) is 4.98 Å². The van der Waals surface area contributed by atoms with Crippen LogP contribution in [0.4, 0.5) is 5.82 Å². The first kappa shape index (κ1) is 12.8. The van der Waals surface area contributed by atoms with Crippen molar-refractivity contribution in [3.05, 3.63) is 42.3 Å². The maximum Gasteiger partial charge on any atom is 0.231 e. The van der Waals surface area contributed by atoms with Crippen molar-refractivity contribution in [2.45, 2.75) is 6.54 Å². The summed E-state index contributed by atoms with van der Waals surface area (Å²) < 4.78 is 21.6. The molecule has 0 atom stereocenters. The minimum absolute atomic E-state index is 0.241. The maximum absolute atomic E-state index is 5.42. The van der Waals surface area contributed by atoms with E-state index in [1.54, 1.807) is 19.6 Å². The van der Waals surface area contributed by atoms with Gasteiger partial charge in [0.05, 0.1) is 18.8 Å². The standard InChI is InChI=1S/C16H14N2O4/c1-19-13-7-15-14(21-9-22-15)6-10(13)8-18-16-11-3-5-20-12(11)2-4-17-16/h2-7H,8-9H2,1H3,(H,17,18). The number of hydrogen-bond donors (Lipinski definition) is 1. The molecule has 0 aliphatic carbocycles. The highest BCUT2D eigenvalue weighted by atomic mass is 16.7. The molecule has 0 fully saturated rings. The fourth-order valence-electron chi connectivity index (χ4n) is 2.51. The van der Waals surface area contributed by atoms with Crippen LogP contribution < -0.4 is 19.5 Å². The van der Waals surface area contributed by atoms with Crippen molar-refractivity contribution in [2.75, 3.05) is 19.2 Å². The molecule has 0 spiro atoms. The Morgan fingerprint density at radius 1 is 1.23 bits per heavy atom. The van der Waals surface area contributed by atoms with E-state index in [0.717, 1.165) is 33.8 Å². The predicted octanol–water partition coefficient (Wildman–Crippen LogP) is 3.18. The zero-order chi connectivity index (χ0) is 14.9. The number of ether oxygens (including phenoxy) is 3. The Morgan fingerprint density at radius 2 is 2.09 bits per heavy atom. The van der Waals surface area contributed by atoms with Crippen LogP contribution in [0, 0.1) is 0 Å². The molecule has 2 aromatic heterocycles. The Kier molecular flexibility index (Phi) is 3.00. The molecule has 0 radical (unpaired) electrons. The monoisotopic (exact) mass is 298 g/mol. The number of hydrogen-bond acceptors (Lipinski definition) is 6. The number of aromatic nitrogens is 1. The van der Waals surface area contributed by atoms with Gasteiger partial charge in [-0.05, 0) is 18.2 Å². The minimum atomic E-state index is 0.241. The van der Waals surface area contributed by atoms with Gasteiger partial charge in [-0.25, -0.2) is 4.98 Å². The molecule has 3 aromatic rings. The van der Waals surface area contributed by atoms with Crippen molar-refractivity contribution >= 4 is 16.8 Å². The summed E-state index contributed by atoms with van der Waals surface area (Å²) in [5.74, 6) is 2.95. The second kappa shape index (κ2) is 5.14. The van der Waals surface area contributed by atoms with E-state index in [0.29, 0.717) is 12.3 Å². The van der Waals surface area contributed by atoms with Crippen LogP contribution in [0.1, 0.15) is 5.56 Å². The number of rotatable bonds is 4. The van der Waals surface area contributed by atoms with E-state index in [9.17, 15) is 0 Å². The molecule has 112 valence electrons. The van der Waals surface area contributed by atoms with Gasteiger partial charge >= 0.3 is 0 Å². The average molecular weight is 298 g/mol. The van der Waals surface area contributed by atoms with Gasteiger partial charge < -0.3 is 23.9 Å². The van der Waals surface area contributed by atoms with Gasteiger partial charge in [0.25, 0.3) is 0 Å². The Labute approximate surface area is 126 Å². The first-order chi connectivity index (χ1) is 10.8. The maximum atomic E-state index is 5.42. The molecular weight excluding hydrogens is 284 g/mol. The smallest absolute Gasteiger partial charge is 0.231 e. The highest BCUT2D eigenvalue weighted by Crippen LogP contribution is 2.38. The molecule has 0 unspecified atom stereocenters. The van der Waals surface area contributed by atoms with Crippen LogP contribution in [0.2, 0.25) is 0 Å². The summed E-state index contributed by atoms with van der Waals surface area (Å²) in [6.45, 7) is 0.794. The van der Waals surface area contributed by atoms with Gasteiger partial charge in [0, 0.05) is 24.4 Å². The number of furan rings is 1. The van der Waals surface area contributed by atoms with Crippen molar-refractivity contribution < 1.29 is 18.6 Å². The van der Waals surface area contributed by atoms with Crippen LogP contribution in [-0.2, 0) is 6.54 Å². The molecule has 6 nitrogen and oxygen atoms in total. The van der Waals surface area contributed by atoms with Gasteiger partial charge in [-0.2, -0.15) is 0 Å². The van der Waals surface area contributed by atoms with Crippen LogP contribution in [0.25, 0.3) is 11.0 Å². The number of methoxy groups -OCH3 is 1. The number of nitrogens with zero attached hydrogens (tertiary/aromatic N) is 1. The second-order valence-electron chi connectivity index (χ2n) is 4.86. The van der Waals surface area contributed by atoms with Crippen LogP contribution in [0.3, 0.4) is 0 Å². The van der Waals surface area contributed by atoms with Crippen LogP contribution in [-0.4, -0.2) is 18.9 Å². The van der Waals surface area contributed by atoms with E-state index in [2.05, 4.69) is 10.3 Å². The fraction of sp³-hybridized carbons (Fsp3) is 0.188. The van der Waals surface area contributed by atoms with Gasteiger partial charge in [0.2, 0.25) is 6.79 Å². The van der Waals surface area contributed by atoms with Crippen molar-refractivity contribution in [3.8, 4) is 17.2 Å². The fourth-order valence-corrected chi connectivity index (χ4v) is 2.51. The lowest BCUT2D eigenvalue weighted by Crippen LogP contribution is -2.03. The summed E-state index contributed by atoms with van der Waals surface area (Å²) in [6.07, 6.45) is 3.36. The van der Waals surface area contributed by atoms with Crippen LogP contribution >= 0.6 is 0 Å². The molecule has 3 heterocycles. The van der Waals surface area contributed by atoms with E-state index in [1.165, 1.54) is 0 Å². The van der Waals surface area contributed by atoms with E-state index in [4.69, 9.17) is 18.6 Å². The molecule has 0 amide bonds. The molecule has 1 aliphatic heterocycles. The van der Waals surface area contributed by atoms with Crippen molar-refractivity contribution in [1.29, 1.82) is 0 Å². The van der Waals surface area contributed by atoms with Crippen LogP contribution in [0.5, 0.6) is 17.2 Å². The van der Waals surface area contributed by atoms with E-state index < -0.39 is 0 Å². The molecule has 22 heavy (non-hydrogen) atoms. The zero-order valence-corrected chi connectivity index (χ0v) is 12.0. The van der Waals surface area contributed by atoms with E-state index in [-0.39, 0.29) is 6.79 Å². The highest BCUT2D eigenvalue weighted by Gasteiger charge is 2.18. The minimum Gasteiger partial charge on any atom is -0.496 e. The summed E-state index contributed by atoms with van der Waals surface area (Å²) in [4.78, 5) is 4.35. The SMILES string of the molecule is COc1cc2c(cc1CNc1nccc3occc13)OCO2. The first-order valence-corrected chi connectivity index (χ1v) is 6.88. The second-order valence-corrected chi connectivity index (χ2v) is 4.86. The largest absolute Gasteiger partial charge is 0.496 e. The summed E-state index contributed by atoms with van der Waals surface area (Å²) in [5, 5.41) is 4.25. The predicted molar refractivity (Wildman–Crippen MR) is 80.5 cm³/mol. The number of benzene rings is 1. The highest BCUT2D eigenvalue weighted by molar-refractivity contribution is 5.87. The Morgan fingerprint density at radius 3 is 2.95 bits per heavy atom. The Bertz CT molecular complexity index is 828. The summed E-state index contributed by atoms with van der Waals surface area (Å²) in [6, 6.07) is 7.48. The third kappa shape index (κ3) is 2.09. The quantitative estimate of drug-likeness (QED) is 0.798. The average Bonchev–Trinajstić information content (AvgIpc) is 3.20. The van der Waals surface area contributed by atoms with E-state index in [1.807, 2.05) is 24.3 Å². The van der Waals surface area contributed by atoms with Gasteiger partial charge in [0.15, 0.2) is 11.5 Å². The lowest BCUT2D eigenvalue weighted by atomic mass is 10.1. The molecule has 1 aromatic carbocycles.